The summed E-state index contributed by atoms with van der Waals surface area (Å²) >= 11 is 0. The summed E-state index contributed by atoms with van der Waals surface area (Å²) in [6.07, 6.45) is 0.298. The van der Waals surface area contributed by atoms with Gasteiger partial charge in [-0.2, -0.15) is 5.26 Å². The van der Waals surface area contributed by atoms with E-state index in [4.69, 9.17) is 16.7 Å². The summed E-state index contributed by atoms with van der Waals surface area (Å²) in [4.78, 5) is 4.07. The van der Waals surface area contributed by atoms with Crippen molar-refractivity contribution in [2.45, 2.75) is 19.4 Å². The summed E-state index contributed by atoms with van der Waals surface area (Å²) in [6.45, 7) is 1.84. The summed E-state index contributed by atoms with van der Waals surface area (Å²) < 4.78 is 0. The number of hydrogen-bond donors (Lipinski definition) is 2. The van der Waals surface area contributed by atoms with Crippen LogP contribution in [0, 0.1) is 18.3 Å². The lowest BCUT2D eigenvalue weighted by Crippen LogP contribution is -2.12. The third-order valence-corrected chi connectivity index (χ3v) is 1.86. The Morgan fingerprint density at radius 2 is 2.31 bits per heavy atom. The minimum Gasteiger partial charge on any atom is -0.384 e. The van der Waals surface area contributed by atoms with Crippen molar-refractivity contribution in [3.63, 3.8) is 0 Å². The molecular formula is C9H12N4. The molecule has 0 saturated carbocycles. The lowest BCUT2D eigenvalue weighted by molar-refractivity contribution is 0.736. The van der Waals surface area contributed by atoms with Crippen molar-refractivity contribution < 1.29 is 0 Å². The average Bonchev–Trinajstić information content (AvgIpc) is 2.04. The van der Waals surface area contributed by atoms with Gasteiger partial charge < -0.3 is 11.5 Å². The minimum absolute atomic E-state index is 0.266. The second-order valence-corrected chi connectivity index (χ2v) is 2.88. The number of anilines is 1. The van der Waals surface area contributed by atoms with Crippen LogP contribution in [-0.2, 0) is 0 Å². The topological polar surface area (TPSA) is 88.7 Å². The van der Waals surface area contributed by atoms with E-state index in [-0.39, 0.29) is 6.04 Å². The maximum absolute atomic E-state index is 8.47. The summed E-state index contributed by atoms with van der Waals surface area (Å²) in [5.41, 5.74) is 12.9. The van der Waals surface area contributed by atoms with E-state index >= 15 is 0 Å². The van der Waals surface area contributed by atoms with Crippen molar-refractivity contribution >= 4 is 5.82 Å². The second kappa shape index (κ2) is 3.87. The highest BCUT2D eigenvalue weighted by Crippen LogP contribution is 2.17. The highest BCUT2D eigenvalue weighted by Gasteiger charge is 2.08. The van der Waals surface area contributed by atoms with Gasteiger partial charge in [0.1, 0.15) is 5.82 Å². The molecule has 0 aliphatic rings. The molecule has 1 rings (SSSR count). The van der Waals surface area contributed by atoms with Gasteiger partial charge in [0.2, 0.25) is 0 Å². The molecule has 0 unspecified atom stereocenters. The van der Waals surface area contributed by atoms with Crippen molar-refractivity contribution in [2.24, 2.45) is 5.73 Å². The lowest BCUT2D eigenvalue weighted by Gasteiger charge is -2.10. The van der Waals surface area contributed by atoms with Gasteiger partial charge in [-0.3, -0.25) is 0 Å². The van der Waals surface area contributed by atoms with E-state index in [0.29, 0.717) is 12.2 Å². The molecule has 0 radical (unpaired) electrons. The zero-order valence-corrected chi connectivity index (χ0v) is 7.49. The quantitative estimate of drug-likeness (QED) is 0.700. The molecular weight excluding hydrogens is 164 g/mol. The maximum Gasteiger partial charge on any atom is 0.123 e. The summed E-state index contributed by atoms with van der Waals surface area (Å²) in [5.74, 6) is 0.477. The SMILES string of the molecule is Cc1nc(N)ccc1[C@H](N)CC#N. The van der Waals surface area contributed by atoms with Gasteiger partial charge in [-0.1, -0.05) is 6.07 Å². The molecule has 1 heterocycles. The van der Waals surface area contributed by atoms with Crippen LogP contribution in [0.5, 0.6) is 0 Å². The van der Waals surface area contributed by atoms with Crippen molar-refractivity contribution in [2.75, 3.05) is 5.73 Å². The smallest absolute Gasteiger partial charge is 0.123 e. The van der Waals surface area contributed by atoms with E-state index in [1.165, 1.54) is 0 Å². The van der Waals surface area contributed by atoms with Crippen molar-refractivity contribution in [3.8, 4) is 6.07 Å². The van der Waals surface area contributed by atoms with Crippen LogP contribution >= 0.6 is 0 Å². The molecule has 4 N–H and O–H groups in total. The highest BCUT2D eigenvalue weighted by molar-refractivity contribution is 5.35. The molecule has 0 aliphatic carbocycles. The van der Waals surface area contributed by atoms with E-state index in [2.05, 4.69) is 4.98 Å². The zero-order chi connectivity index (χ0) is 9.84. The monoisotopic (exact) mass is 176 g/mol. The number of nitrogen functional groups attached to an aromatic ring is 1. The number of aryl methyl sites for hydroxylation is 1. The van der Waals surface area contributed by atoms with Crippen molar-refractivity contribution in [1.29, 1.82) is 5.26 Å². The van der Waals surface area contributed by atoms with Crippen LogP contribution in [0.4, 0.5) is 5.82 Å². The van der Waals surface area contributed by atoms with Gasteiger partial charge in [0.15, 0.2) is 0 Å². The fourth-order valence-corrected chi connectivity index (χ4v) is 1.19. The summed E-state index contributed by atoms with van der Waals surface area (Å²) in [7, 11) is 0. The predicted molar refractivity (Wildman–Crippen MR) is 50.5 cm³/mol. The minimum atomic E-state index is -0.266. The van der Waals surface area contributed by atoms with Crippen LogP contribution in [-0.4, -0.2) is 4.98 Å². The largest absolute Gasteiger partial charge is 0.384 e. The van der Waals surface area contributed by atoms with E-state index in [1.54, 1.807) is 6.07 Å². The normalized spacial score (nSPS) is 12.1. The van der Waals surface area contributed by atoms with Crippen molar-refractivity contribution in [1.82, 2.24) is 4.98 Å². The molecule has 68 valence electrons. The molecule has 0 bridgehead atoms. The average molecular weight is 176 g/mol. The van der Waals surface area contributed by atoms with E-state index in [1.807, 2.05) is 19.1 Å². The highest BCUT2D eigenvalue weighted by atomic mass is 14.8. The molecule has 0 amide bonds. The van der Waals surface area contributed by atoms with E-state index in [0.717, 1.165) is 11.3 Å². The lowest BCUT2D eigenvalue weighted by atomic mass is 10.0. The molecule has 4 heteroatoms. The van der Waals surface area contributed by atoms with Gasteiger partial charge >= 0.3 is 0 Å². The Kier molecular flexibility index (Phi) is 2.83. The van der Waals surface area contributed by atoms with E-state index < -0.39 is 0 Å². The number of rotatable bonds is 2. The molecule has 0 aliphatic heterocycles. The number of nitrogens with two attached hydrogens (primary N) is 2. The number of pyridine rings is 1. The molecule has 0 spiro atoms. The first-order chi connectivity index (χ1) is 6.15. The Balaban J connectivity index is 2.96. The molecule has 1 atom stereocenters. The Morgan fingerprint density at radius 3 is 2.85 bits per heavy atom. The van der Waals surface area contributed by atoms with Gasteiger partial charge in [0.05, 0.1) is 12.5 Å². The third kappa shape index (κ3) is 2.17. The van der Waals surface area contributed by atoms with Crippen LogP contribution in [0.1, 0.15) is 23.7 Å². The first-order valence-electron chi connectivity index (χ1n) is 4.00. The fraction of sp³-hybridized carbons (Fsp3) is 0.333. The number of hydrogen-bond acceptors (Lipinski definition) is 4. The van der Waals surface area contributed by atoms with Crippen LogP contribution in [0.3, 0.4) is 0 Å². The number of nitriles is 1. The van der Waals surface area contributed by atoms with Crippen LogP contribution in [0.15, 0.2) is 12.1 Å². The van der Waals surface area contributed by atoms with Gasteiger partial charge in [-0.05, 0) is 18.6 Å². The van der Waals surface area contributed by atoms with Gasteiger partial charge in [0.25, 0.3) is 0 Å². The number of aromatic nitrogens is 1. The van der Waals surface area contributed by atoms with Crippen LogP contribution < -0.4 is 11.5 Å². The van der Waals surface area contributed by atoms with Gasteiger partial charge in [0, 0.05) is 11.7 Å². The third-order valence-electron chi connectivity index (χ3n) is 1.86. The summed E-state index contributed by atoms with van der Waals surface area (Å²) in [6, 6.07) is 5.27. The Morgan fingerprint density at radius 1 is 1.62 bits per heavy atom. The molecule has 0 saturated heterocycles. The summed E-state index contributed by atoms with van der Waals surface area (Å²) in [5, 5.41) is 8.47. The first-order valence-corrected chi connectivity index (χ1v) is 4.00. The Hall–Kier alpha value is -1.60. The van der Waals surface area contributed by atoms with Gasteiger partial charge in [-0.25, -0.2) is 4.98 Å². The molecule has 0 aromatic carbocycles. The fourth-order valence-electron chi connectivity index (χ4n) is 1.19. The Bertz CT molecular complexity index is 340. The molecule has 13 heavy (non-hydrogen) atoms. The number of nitrogens with zero attached hydrogens (tertiary/aromatic N) is 2. The zero-order valence-electron chi connectivity index (χ0n) is 7.49. The van der Waals surface area contributed by atoms with Crippen LogP contribution in [0.2, 0.25) is 0 Å². The second-order valence-electron chi connectivity index (χ2n) is 2.88. The molecule has 0 fully saturated rings. The predicted octanol–water partition coefficient (Wildman–Crippen LogP) is 0.886. The van der Waals surface area contributed by atoms with Crippen molar-refractivity contribution in [3.05, 3.63) is 23.4 Å². The van der Waals surface area contributed by atoms with E-state index in [9.17, 15) is 0 Å². The first kappa shape index (κ1) is 9.49. The standard InChI is InChI=1S/C9H12N4/c1-6-7(8(11)4-5-10)2-3-9(12)13-6/h2-3,8H,4,11H2,1H3,(H2,12,13)/t8-/m1/s1. The van der Waals surface area contributed by atoms with Gasteiger partial charge in [-0.15, -0.1) is 0 Å². The molecule has 4 nitrogen and oxygen atoms in total. The Labute approximate surface area is 77.2 Å². The maximum atomic E-state index is 8.47. The van der Waals surface area contributed by atoms with Crippen LogP contribution in [0.25, 0.3) is 0 Å². The molecule has 1 aromatic heterocycles. The molecule has 1 aromatic rings.